The minimum absolute atomic E-state index is 1.01. The first-order valence-electron chi connectivity index (χ1n) is 8.35. The molecule has 0 saturated carbocycles. The molecular formula is C19H27BrN2S. The Morgan fingerprint density at radius 3 is 2.17 bits per heavy atom. The van der Waals surface area contributed by atoms with E-state index in [4.69, 9.17) is 0 Å². The smallest absolute Gasteiger partial charge is 0.0730 e. The number of thiophene rings is 1. The first-order valence-corrected chi connectivity index (χ1v) is 9.96. The first kappa shape index (κ1) is 18.7. The maximum absolute atomic E-state index is 3.65. The summed E-state index contributed by atoms with van der Waals surface area (Å²) in [4.78, 5) is 6.49. The number of rotatable bonds is 9. The molecule has 2 rings (SSSR count). The molecule has 0 saturated heterocycles. The van der Waals surface area contributed by atoms with Gasteiger partial charge in [-0.25, -0.2) is 0 Å². The van der Waals surface area contributed by atoms with Crippen molar-refractivity contribution in [2.75, 3.05) is 26.2 Å². The molecule has 0 bridgehead atoms. The van der Waals surface area contributed by atoms with Gasteiger partial charge in [0.25, 0.3) is 0 Å². The van der Waals surface area contributed by atoms with Crippen LogP contribution in [0.25, 0.3) is 0 Å². The maximum atomic E-state index is 3.65. The molecule has 1 aromatic carbocycles. The predicted octanol–water partition coefficient (Wildman–Crippen LogP) is 5.16. The Bertz CT molecular complexity index is 559. The lowest BCUT2D eigenvalue weighted by atomic mass is 10.2. The molecule has 23 heavy (non-hydrogen) atoms. The van der Waals surface area contributed by atoms with E-state index in [0.29, 0.717) is 0 Å². The molecule has 0 fully saturated rings. The lowest BCUT2D eigenvalue weighted by Gasteiger charge is -2.26. The van der Waals surface area contributed by atoms with Crippen molar-refractivity contribution in [3.05, 3.63) is 56.2 Å². The standard InChI is InChI=1S/C19H27BrN2S/c1-4-21(5-2)11-12-22(14-17-9-7-6-8-10-17)15-18-13-16(3)19(20)23-18/h6-10,13H,4-5,11-12,14-15H2,1-3H3. The van der Waals surface area contributed by atoms with Crippen LogP contribution in [-0.2, 0) is 13.1 Å². The van der Waals surface area contributed by atoms with Crippen LogP contribution in [0.15, 0.2) is 40.2 Å². The van der Waals surface area contributed by atoms with Gasteiger partial charge >= 0.3 is 0 Å². The number of aryl methyl sites for hydroxylation is 1. The zero-order chi connectivity index (χ0) is 16.7. The summed E-state index contributed by atoms with van der Waals surface area (Å²) in [5, 5.41) is 0. The Labute approximate surface area is 153 Å². The fourth-order valence-electron chi connectivity index (χ4n) is 2.70. The van der Waals surface area contributed by atoms with E-state index in [2.05, 4.69) is 82.9 Å². The normalized spacial score (nSPS) is 11.6. The molecule has 0 radical (unpaired) electrons. The maximum Gasteiger partial charge on any atom is 0.0730 e. The quantitative estimate of drug-likeness (QED) is 0.579. The largest absolute Gasteiger partial charge is 0.303 e. The molecule has 0 atom stereocenters. The Morgan fingerprint density at radius 1 is 0.957 bits per heavy atom. The fraction of sp³-hybridized carbons (Fsp3) is 0.474. The van der Waals surface area contributed by atoms with Gasteiger partial charge < -0.3 is 4.90 Å². The van der Waals surface area contributed by atoms with Gasteiger partial charge in [-0.3, -0.25) is 4.90 Å². The lowest BCUT2D eigenvalue weighted by Crippen LogP contribution is -2.34. The number of likely N-dealkylation sites (N-methyl/N-ethyl adjacent to an activating group) is 1. The summed E-state index contributed by atoms with van der Waals surface area (Å²) in [5.41, 5.74) is 2.73. The van der Waals surface area contributed by atoms with Gasteiger partial charge in [-0.05, 0) is 53.1 Å². The number of hydrogen-bond acceptors (Lipinski definition) is 3. The van der Waals surface area contributed by atoms with Gasteiger partial charge in [0.2, 0.25) is 0 Å². The van der Waals surface area contributed by atoms with Crippen LogP contribution in [0, 0.1) is 6.92 Å². The molecule has 126 valence electrons. The van der Waals surface area contributed by atoms with Crippen LogP contribution in [0.3, 0.4) is 0 Å². The summed E-state index contributed by atoms with van der Waals surface area (Å²) >= 11 is 5.51. The van der Waals surface area contributed by atoms with Crippen LogP contribution < -0.4 is 0 Å². The van der Waals surface area contributed by atoms with Crippen molar-refractivity contribution < 1.29 is 0 Å². The van der Waals surface area contributed by atoms with Gasteiger partial charge in [0.1, 0.15) is 0 Å². The second-order valence-electron chi connectivity index (χ2n) is 5.89. The summed E-state index contributed by atoms with van der Waals surface area (Å²) in [7, 11) is 0. The number of hydrogen-bond donors (Lipinski definition) is 0. The topological polar surface area (TPSA) is 6.48 Å². The van der Waals surface area contributed by atoms with Crippen molar-refractivity contribution in [3.63, 3.8) is 0 Å². The molecule has 0 unspecified atom stereocenters. The third kappa shape index (κ3) is 6.03. The molecule has 0 spiro atoms. The molecule has 0 aliphatic carbocycles. The van der Waals surface area contributed by atoms with Gasteiger partial charge in [0.05, 0.1) is 3.79 Å². The molecule has 0 amide bonds. The van der Waals surface area contributed by atoms with E-state index in [9.17, 15) is 0 Å². The molecule has 0 aliphatic heterocycles. The van der Waals surface area contributed by atoms with Crippen LogP contribution in [0.4, 0.5) is 0 Å². The van der Waals surface area contributed by atoms with Crippen LogP contribution in [0.2, 0.25) is 0 Å². The highest BCUT2D eigenvalue weighted by molar-refractivity contribution is 9.11. The number of nitrogens with zero attached hydrogens (tertiary/aromatic N) is 2. The summed E-state index contributed by atoms with van der Waals surface area (Å²) in [6.45, 7) is 13.2. The van der Waals surface area contributed by atoms with E-state index in [1.165, 1.54) is 19.8 Å². The highest BCUT2D eigenvalue weighted by Crippen LogP contribution is 2.28. The van der Waals surface area contributed by atoms with Crippen molar-refractivity contribution in [1.29, 1.82) is 0 Å². The van der Waals surface area contributed by atoms with Crippen molar-refractivity contribution >= 4 is 27.3 Å². The van der Waals surface area contributed by atoms with Crippen molar-refractivity contribution in [3.8, 4) is 0 Å². The minimum atomic E-state index is 1.01. The molecule has 0 N–H and O–H groups in total. The highest BCUT2D eigenvalue weighted by atomic mass is 79.9. The molecule has 4 heteroatoms. The molecule has 0 aliphatic rings. The monoisotopic (exact) mass is 394 g/mol. The van der Waals surface area contributed by atoms with E-state index in [-0.39, 0.29) is 0 Å². The van der Waals surface area contributed by atoms with Crippen LogP contribution in [0.1, 0.15) is 29.9 Å². The molecule has 1 aromatic heterocycles. The average Bonchev–Trinajstić information content (AvgIpc) is 2.87. The lowest BCUT2D eigenvalue weighted by molar-refractivity contribution is 0.203. The summed E-state index contributed by atoms with van der Waals surface area (Å²) in [6, 6.07) is 13.1. The molecule has 1 heterocycles. The van der Waals surface area contributed by atoms with Gasteiger partial charge in [-0.1, -0.05) is 44.2 Å². The van der Waals surface area contributed by atoms with Gasteiger partial charge in [-0.2, -0.15) is 0 Å². The Morgan fingerprint density at radius 2 is 1.61 bits per heavy atom. The first-order chi connectivity index (χ1) is 11.1. The van der Waals surface area contributed by atoms with E-state index in [1.807, 2.05) is 11.3 Å². The Balaban J connectivity index is 2.03. The highest BCUT2D eigenvalue weighted by Gasteiger charge is 2.11. The SMILES string of the molecule is CCN(CC)CCN(Cc1ccccc1)Cc1cc(C)c(Br)s1. The summed E-state index contributed by atoms with van der Waals surface area (Å²) in [5.74, 6) is 0. The van der Waals surface area contributed by atoms with E-state index < -0.39 is 0 Å². The van der Waals surface area contributed by atoms with E-state index in [1.54, 1.807) is 0 Å². The summed E-state index contributed by atoms with van der Waals surface area (Å²) < 4.78 is 1.26. The zero-order valence-corrected chi connectivity index (χ0v) is 16.8. The Hall–Kier alpha value is -0.680. The summed E-state index contributed by atoms with van der Waals surface area (Å²) in [6.07, 6.45) is 0. The van der Waals surface area contributed by atoms with Crippen molar-refractivity contribution in [2.24, 2.45) is 0 Å². The van der Waals surface area contributed by atoms with Crippen LogP contribution >= 0.6 is 27.3 Å². The third-order valence-corrected chi connectivity index (χ3v) is 6.28. The van der Waals surface area contributed by atoms with E-state index >= 15 is 0 Å². The van der Waals surface area contributed by atoms with Crippen molar-refractivity contribution in [1.82, 2.24) is 9.80 Å². The Kier molecular flexibility index (Phi) is 7.77. The number of benzene rings is 1. The predicted molar refractivity (Wildman–Crippen MR) is 105 cm³/mol. The number of halogens is 1. The van der Waals surface area contributed by atoms with E-state index in [0.717, 1.165) is 39.3 Å². The minimum Gasteiger partial charge on any atom is -0.303 e. The van der Waals surface area contributed by atoms with Crippen molar-refractivity contribution in [2.45, 2.75) is 33.9 Å². The fourth-order valence-corrected chi connectivity index (χ4v) is 4.37. The molecular weight excluding hydrogens is 368 g/mol. The molecule has 2 aromatic rings. The molecule has 2 nitrogen and oxygen atoms in total. The average molecular weight is 395 g/mol. The van der Waals surface area contributed by atoms with Crippen LogP contribution in [0.5, 0.6) is 0 Å². The van der Waals surface area contributed by atoms with Gasteiger partial charge in [0.15, 0.2) is 0 Å². The zero-order valence-electron chi connectivity index (χ0n) is 14.4. The second kappa shape index (κ2) is 9.58. The second-order valence-corrected chi connectivity index (χ2v) is 8.35. The van der Waals surface area contributed by atoms with Crippen LogP contribution in [-0.4, -0.2) is 36.0 Å². The van der Waals surface area contributed by atoms with Gasteiger partial charge in [0, 0.05) is 31.1 Å². The van der Waals surface area contributed by atoms with Gasteiger partial charge in [-0.15, -0.1) is 11.3 Å². The third-order valence-electron chi connectivity index (χ3n) is 4.16.